The minimum absolute atomic E-state index is 0.000406. The largest absolute Gasteiger partial charge is 0.480 e. The van der Waals surface area contributed by atoms with Gasteiger partial charge in [0, 0.05) is 26.2 Å². The average Bonchev–Trinajstić information content (AvgIpc) is 2.46. The normalized spacial score (nSPS) is 17.8. The zero-order valence-electron chi connectivity index (χ0n) is 12.3. The van der Waals surface area contributed by atoms with E-state index in [1.807, 2.05) is 0 Å². The fourth-order valence-electron chi connectivity index (χ4n) is 2.35. The van der Waals surface area contributed by atoms with Gasteiger partial charge in [-0.3, -0.25) is 9.69 Å². The van der Waals surface area contributed by atoms with Crippen LogP contribution < -0.4 is 0 Å². The second kappa shape index (κ2) is 6.87. The summed E-state index contributed by atoms with van der Waals surface area (Å²) in [6.07, 6.45) is -4.76. The van der Waals surface area contributed by atoms with Crippen LogP contribution in [0.25, 0.3) is 0 Å². The molecule has 1 heterocycles. The van der Waals surface area contributed by atoms with Crippen molar-refractivity contribution in [1.82, 2.24) is 9.21 Å². The van der Waals surface area contributed by atoms with Crippen LogP contribution in [0.2, 0.25) is 5.02 Å². The Hall–Kier alpha value is -1.36. The van der Waals surface area contributed by atoms with Gasteiger partial charge >= 0.3 is 12.1 Å². The lowest BCUT2D eigenvalue weighted by atomic mass is 10.2. The van der Waals surface area contributed by atoms with Gasteiger partial charge in [0.25, 0.3) is 0 Å². The molecular formula is C13H14ClF3N2O4S. The quantitative estimate of drug-likeness (QED) is 0.853. The van der Waals surface area contributed by atoms with E-state index in [0.717, 1.165) is 16.4 Å². The van der Waals surface area contributed by atoms with Gasteiger partial charge in [-0.1, -0.05) is 11.6 Å². The van der Waals surface area contributed by atoms with Crippen LogP contribution in [0.5, 0.6) is 0 Å². The molecule has 6 nitrogen and oxygen atoms in total. The highest BCUT2D eigenvalue weighted by molar-refractivity contribution is 7.89. The maximum Gasteiger partial charge on any atom is 0.417 e. The number of halogens is 4. The molecule has 1 aliphatic heterocycles. The van der Waals surface area contributed by atoms with Crippen LogP contribution in [0.4, 0.5) is 13.2 Å². The van der Waals surface area contributed by atoms with Crippen molar-refractivity contribution in [3.63, 3.8) is 0 Å². The summed E-state index contributed by atoms with van der Waals surface area (Å²) in [6.45, 7) is 0.155. The molecule has 11 heteroatoms. The highest BCUT2D eigenvalue weighted by Crippen LogP contribution is 2.36. The average molecular weight is 387 g/mol. The van der Waals surface area contributed by atoms with Gasteiger partial charge in [0.1, 0.15) is 0 Å². The number of benzene rings is 1. The summed E-state index contributed by atoms with van der Waals surface area (Å²) in [7, 11) is -4.11. The van der Waals surface area contributed by atoms with E-state index in [0.29, 0.717) is 6.07 Å². The first-order chi connectivity index (χ1) is 11.0. The zero-order chi connectivity index (χ0) is 18.1. The lowest BCUT2D eigenvalue weighted by Crippen LogP contribution is -2.49. The molecule has 0 saturated carbocycles. The highest BCUT2D eigenvalue weighted by Gasteiger charge is 2.36. The number of carboxylic acids is 1. The van der Waals surface area contributed by atoms with Gasteiger partial charge in [0.2, 0.25) is 10.0 Å². The third kappa shape index (κ3) is 4.18. The van der Waals surface area contributed by atoms with Crippen molar-refractivity contribution in [1.29, 1.82) is 0 Å². The summed E-state index contributed by atoms with van der Waals surface area (Å²) >= 11 is 5.49. The first-order valence-electron chi connectivity index (χ1n) is 6.83. The van der Waals surface area contributed by atoms with E-state index in [4.69, 9.17) is 16.7 Å². The van der Waals surface area contributed by atoms with E-state index in [9.17, 15) is 26.4 Å². The van der Waals surface area contributed by atoms with Gasteiger partial charge in [-0.05, 0) is 18.2 Å². The molecule has 1 aromatic rings. The smallest absolute Gasteiger partial charge is 0.417 e. The Morgan fingerprint density at radius 3 is 2.29 bits per heavy atom. The third-order valence-electron chi connectivity index (χ3n) is 3.57. The first kappa shape index (κ1) is 19.0. The van der Waals surface area contributed by atoms with Crippen molar-refractivity contribution < 1.29 is 31.5 Å². The van der Waals surface area contributed by atoms with Crippen LogP contribution in [-0.4, -0.2) is 61.4 Å². The van der Waals surface area contributed by atoms with Gasteiger partial charge in [0.05, 0.1) is 22.0 Å². The molecule has 0 unspecified atom stereocenters. The Kier molecular flexibility index (Phi) is 5.43. The van der Waals surface area contributed by atoms with E-state index in [1.54, 1.807) is 4.90 Å². The van der Waals surface area contributed by atoms with Gasteiger partial charge in [-0.2, -0.15) is 17.5 Å². The molecule has 1 saturated heterocycles. The van der Waals surface area contributed by atoms with Crippen LogP contribution in [0.1, 0.15) is 5.56 Å². The van der Waals surface area contributed by atoms with Gasteiger partial charge in [0.15, 0.2) is 0 Å². The summed E-state index contributed by atoms with van der Waals surface area (Å²) in [5.74, 6) is -1.03. The Morgan fingerprint density at radius 1 is 1.21 bits per heavy atom. The number of hydrogen-bond acceptors (Lipinski definition) is 4. The van der Waals surface area contributed by atoms with E-state index in [2.05, 4.69) is 0 Å². The monoisotopic (exact) mass is 386 g/mol. The minimum atomic E-state index is -4.76. The standard InChI is InChI=1S/C13H14ClF3N2O4S/c14-11-2-1-9(7-10(11)13(15,16)17)24(22,23)19-5-3-18(4-6-19)8-12(20)21/h1-2,7H,3-6,8H2,(H,20,21). The topological polar surface area (TPSA) is 77.9 Å². The Morgan fingerprint density at radius 2 is 1.79 bits per heavy atom. The molecule has 0 spiro atoms. The number of carbonyl (C=O) groups is 1. The van der Waals surface area contributed by atoms with E-state index in [-0.39, 0.29) is 32.7 Å². The predicted molar refractivity (Wildman–Crippen MR) is 79.3 cm³/mol. The van der Waals surface area contributed by atoms with Crippen molar-refractivity contribution >= 4 is 27.6 Å². The highest BCUT2D eigenvalue weighted by atomic mass is 35.5. The van der Waals surface area contributed by atoms with Crippen molar-refractivity contribution in [2.75, 3.05) is 32.7 Å². The van der Waals surface area contributed by atoms with Crippen LogP contribution >= 0.6 is 11.6 Å². The number of sulfonamides is 1. The predicted octanol–water partition coefficient (Wildman–Crippen LogP) is 1.75. The summed E-state index contributed by atoms with van der Waals surface area (Å²) in [5.41, 5.74) is -1.21. The lowest BCUT2D eigenvalue weighted by molar-refractivity contribution is -0.139. The molecule has 134 valence electrons. The summed E-state index contributed by atoms with van der Waals surface area (Å²) < 4.78 is 64.6. The van der Waals surface area contributed by atoms with Gasteiger partial charge in [-0.25, -0.2) is 8.42 Å². The Bertz CT molecular complexity index is 731. The third-order valence-corrected chi connectivity index (χ3v) is 5.80. The van der Waals surface area contributed by atoms with Crippen molar-refractivity contribution in [3.8, 4) is 0 Å². The fraction of sp³-hybridized carbons (Fsp3) is 0.462. The Labute approximate surface area is 141 Å². The zero-order valence-corrected chi connectivity index (χ0v) is 13.8. The molecule has 0 aromatic heterocycles. The van der Waals surface area contributed by atoms with Crippen LogP contribution in [0, 0.1) is 0 Å². The molecule has 0 amide bonds. The molecule has 0 aliphatic carbocycles. The molecule has 24 heavy (non-hydrogen) atoms. The second-order valence-electron chi connectivity index (χ2n) is 5.21. The van der Waals surface area contributed by atoms with Gasteiger partial charge < -0.3 is 5.11 Å². The van der Waals surface area contributed by atoms with Crippen LogP contribution in [-0.2, 0) is 21.0 Å². The van der Waals surface area contributed by atoms with Crippen molar-refractivity contribution in [2.24, 2.45) is 0 Å². The minimum Gasteiger partial charge on any atom is -0.480 e. The van der Waals surface area contributed by atoms with Crippen molar-refractivity contribution in [2.45, 2.75) is 11.1 Å². The number of alkyl halides is 3. The lowest BCUT2D eigenvalue weighted by Gasteiger charge is -2.33. The number of carboxylic acid groups (broad SMARTS) is 1. The summed E-state index contributed by atoms with van der Waals surface area (Å²) in [5, 5.41) is 8.13. The van der Waals surface area contributed by atoms with E-state index >= 15 is 0 Å². The molecular weight excluding hydrogens is 373 g/mol. The number of rotatable bonds is 4. The number of nitrogens with zero attached hydrogens (tertiary/aromatic N) is 2. The van der Waals surface area contributed by atoms with Gasteiger partial charge in [-0.15, -0.1) is 0 Å². The molecule has 1 aromatic carbocycles. The molecule has 1 aliphatic rings. The maximum absolute atomic E-state index is 12.9. The number of aliphatic carboxylic acids is 1. The van der Waals surface area contributed by atoms with E-state index < -0.39 is 37.7 Å². The summed E-state index contributed by atoms with van der Waals surface area (Å²) in [6, 6.07) is 2.44. The molecule has 0 bridgehead atoms. The first-order valence-corrected chi connectivity index (χ1v) is 8.64. The Balaban J connectivity index is 2.21. The fourth-order valence-corrected chi connectivity index (χ4v) is 4.02. The molecule has 1 N–H and O–H groups in total. The van der Waals surface area contributed by atoms with Crippen LogP contribution in [0.15, 0.2) is 23.1 Å². The maximum atomic E-state index is 12.9. The second-order valence-corrected chi connectivity index (χ2v) is 7.56. The summed E-state index contributed by atoms with van der Waals surface area (Å²) in [4.78, 5) is 11.7. The van der Waals surface area contributed by atoms with Crippen LogP contribution in [0.3, 0.4) is 0 Å². The molecule has 0 radical (unpaired) electrons. The molecule has 1 fully saturated rings. The molecule has 0 atom stereocenters. The van der Waals surface area contributed by atoms with E-state index in [1.165, 1.54) is 0 Å². The number of piperazine rings is 1. The number of hydrogen-bond donors (Lipinski definition) is 1. The van der Waals surface area contributed by atoms with Crippen molar-refractivity contribution in [3.05, 3.63) is 28.8 Å². The molecule has 2 rings (SSSR count). The SMILES string of the molecule is O=C(O)CN1CCN(S(=O)(=O)c2ccc(Cl)c(C(F)(F)F)c2)CC1.